The molecule has 0 unspecified atom stereocenters. The van der Waals surface area contributed by atoms with E-state index in [-0.39, 0.29) is 36.5 Å². The van der Waals surface area contributed by atoms with Crippen molar-refractivity contribution in [1.29, 1.82) is 0 Å². The number of aryl methyl sites for hydroxylation is 1. The van der Waals surface area contributed by atoms with Crippen LogP contribution in [0.15, 0.2) is 27.5 Å². The number of nitrogens with zero attached hydrogens (tertiary/aromatic N) is 3. The van der Waals surface area contributed by atoms with Gasteiger partial charge in [-0.2, -0.15) is 5.10 Å². The van der Waals surface area contributed by atoms with Crippen molar-refractivity contribution in [3.63, 3.8) is 0 Å². The summed E-state index contributed by atoms with van der Waals surface area (Å²) in [6.45, 7) is 3.95. The van der Waals surface area contributed by atoms with E-state index in [1.165, 1.54) is 4.68 Å². The first-order chi connectivity index (χ1) is 13.9. The Bertz CT molecular complexity index is 1010. The number of benzene rings is 1. The van der Waals surface area contributed by atoms with E-state index in [1.54, 1.807) is 25.1 Å². The first-order valence-corrected chi connectivity index (χ1v) is 10.4. The van der Waals surface area contributed by atoms with E-state index in [2.05, 4.69) is 21.0 Å². The van der Waals surface area contributed by atoms with E-state index >= 15 is 0 Å². The number of rotatable bonds is 7. The maximum Gasteiger partial charge on any atom is 0.379 e. The van der Waals surface area contributed by atoms with Crippen LogP contribution in [0.3, 0.4) is 0 Å². The third-order valence-corrected chi connectivity index (χ3v) is 5.34. The summed E-state index contributed by atoms with van der Waals surface area (Å²) in [7, 11) is 0. The molecule has 0 amide bonds. The van der Waals surface area contributed by atoms with Gasteiger partial charge < -0.3 is 4.84 Å². The molecular weight excluding hydrogens is 442 g/mol. The molecule has 0 saturated heterocycles. The van der Waals surface area contributed by atoms with Crippen LogP contribution in [-0.2, 0) is 22.6 Å². The maximum absolute atomic E-state index is 13.1. The van der Waals surface area contributed by atoms with Crippen molar-refractivity contribution in [2.24, 2.45) is 5.92 Å². The summed E-state index contributed by atoms with van der Waals surface area (Å²) in [5.74, 6) is -1.99. The lowest BCUT2D eigenvalue weighted by Gasteiger charge is -2.19. The van der Waals surface area contributed by atoms with Gasteiger partial charge in [-0.25, -0.2) is 9.48 Å². The molecule has 1 saturated carbocycles. The van der Waals surface area contributed by atoms with Crippen molar-refractivity contribution in [1.82, 2.24) is 14.5 Å². The molecule has 8 nitrogen and oxygen atoms in total. The van der Waals surface area contributed by atoms with Crippen LogP contribution in [-0.4, -0.2) is 38.5 Å². The molecule has 0 radical (unpaired) electrons. The van der Waals surface area contributed by atoms with E-state index in [1.807, 2.05) is 6.92 Å². The van der Waals surface area contributed by atoms with Crippen LogP contribution >= 0.6 is 15.9 Å². The quantitative estimate of drug-likeness (QED) is 0.459. The van der Waals surface area contributed by atoms with Gasteiger partial charge in [-0.1, -0.05) is 22.9 Å². The smallest absolute Gasteiger partial charge is 0.379 e. The second-order valence-corrected chi connectivity index (χ2v) is 7.72. The van der Waals surface area contributed by atoms with Gasteiger partial charge in [-0.05, 0) is 37.1 Å². The minimum atomic E-state index is -1.26. The Morgan fingerprint density at radius 2 is 1.90 bits per heavy atom. The van der Waals surface area contributed by atoms with Crippen molar-refractivity contribution >= 4 is 33.3 Å². The summed E-state index contributed by atoms with van der Waals surface area (Å²) in [5, 5.41) is 4.30. The lowest BCUT2D eigenvalue weighted by molar-refractivity contribution is -0.133. The number of halogens is 1. The molecule has 29 heavy (non-hydrogen) atoms. The third kappa shape index (κ3) is 4.24. The third-order valence-electron chi connectivity index (χ3n) is 4.84. The second-order valence-electron chi connectivity index (χ2n) is 6.81. The Kier molecular flexibility index (Phi) is 6.46. The fourth-order valence-corrected chi connectivity index (χ4v) is 3.87. The summed E-state index contributed by atoms with van der Waals surface area (Å²) < 4.78 is 3.07. The zero-order valence-corrected chi connectivity index (χ0v) is 17.9. The fraction of sp³-hybridized carbons (Fsp3) is 0.450. The Balaban J connectivity index is 2.00. The average molecular weight is 464 g/mol. The van der Waals surface area contributed by atoms with Gasteiger partial charge in [0.15, 0.2) is 23.2 Å². The number of Topliss-reactive ketones (excluding diaryl/α,β-unsaturated/α-hetero) is 3. The van der Waals surface area contributed by atoms with Gasteiger partial charge in [-0.3, -0.25) is 14.4 Å². The van der Waals surface area contributed by atoms with E-state index in [0.717, 1.165) is 4.73 Å². The number of carbonyl (C=O) groups is 3. The SMILES string of the molecule is CCOn1c(CC)nn(Cc2cc(Br)ccc2C(=O)C2C(=O)CCCC2=O)c1=O. The van der Waals surface area contributed by atoms with E-state index in [9.17, 15) is 19.2 Å². The molecule has 1 aliphatic carbocycles. The molecule has 0 spiro atoms. The molecule has 1 aromatic heterocycles. The van der Waals surface area contributed by atoms with Crippen molar-refractivity contribution in [2.45, 2.75) is 46.1 Å². The Morgan fingerprint density at radius 3 is 2.52 bits per heavy atom. The highest BCUT2D eigenvalue weighted by molar-refractivity contribution is 9.10. The van der Waals surface area contributed by atoms with Crippen molar-refractivity contribution in [3.8, 4) is 0 Å². The van der Waals surface area contributed by atoms with Gasteiger partial charge in [0.2, 0.25) is 0 Å². The van der Waals surface area contributed by atoms with E-state index < -0.39 is 17.4 Å². The van der Waals surface area contributed by atoms with Crippen LogP contribution in [0, 0.1) is 5.92 Å². The summed E-state index contributed by atoms with van der Waals surface area (Å²) in [6, 6.07) is 4.94. The Morgan fingerprint density at radius 1 is 1.21 bits per heavy atom. The van der Waals surface area contributed by atoms with E-state index in [0.29, 0.717) is 35.3 Å². The number of aromatic nitrogens is 3. The first kappa shape index (κ1) is 21.2. The second kappa shape index (κ2) is 8.86. The summed E-state index contributed by atoms with van der Waals surface area (Å²) in [4.78, 5) is 55.5. The standard InChI is InChI=1S/C20H22BrN3O5/c1-3-17-22-23(20(28)24(17)29-4-2)11-12-10-13(21)8-9-14(12)19(27)18-15(25)6-5-7-16(18)26/h8-10,18H,3-7,11H2,1-2H3. The van der Waals surface area contributed by atoms with Crippen molar-refractivity contribution < 1.29 is 19.2 Å². The van der Waals surface area contributed by atoms with Crippen molar-refractivity contribution in [2.75, 3.05) is 6.61 Å². The lowest BCUT2D eigenvalue weighted by Crippen LogP contribution is -2.36. The van der Waals surface area contributed by atoms with Gasteiger partial charge in [0, 0.05) is 29.3 Å². The molecule has 154 valence electrons. The number of hydrogen-bond donors (Lipinski definition) is 0. The van der Waals surface area contributed by atoms with Crippen LogP contribution < -0.4 is 10.5 Å². The minimum absolute atomic E-state index is 0.0154. The Hall–Kier alpha value is -2.55. The summed E-state index contributed by atoms with van der Waals surface area (Å²) in [6.07, 6.45) is 1.44. The average Bonchev–Trinajstić information content (AvgIpc) is 2.97. The Labute approximate surface area is 175 Å². The van der Waals surface area contributed by atoms with Crippen LogP contribution in [0.5, 0.6) is 0 Å². The largest absolute Gasteiger partial charge is 0.408 e. The number of ketones is 3. The number of hydrogen-bond acceptors (Lipinski definition) is 6. The first-order valence-electron chi connectivity index (χ1n) is 9.57. The maximum atomic E-state index is 13.1. The molecule has 0 bridgehead atoms. The zero-order valence-electron chi connectivity index (χ0n) is 16.3. The van der Waals surface area contributed by atoms with Crippen molar-refractivity contribution in [3.05, 3.63) is 50.1 Å². The highest BCUT2D eigenvalue weighted by Gasteiger charge is 2.37. The molecule has 2 aromatic rings. The molecule has 1 heterocycles. The monoisotopic (exact) mass is 463 g/mol. The highest BCUT2D eigenvalue weighted by atomic mass is 79.9. The fourth-order valence-electron chi connectivity index (χ4n) is 3.46. The van der Waals surface area contributed by atoms with Crippen LogP contribution in [0.25, 0.3) is 0 Å². The normalized spacial score (nSPS) is 15.0. The molecule has 9 heteroatoms. The number of carbonyl (C=O) groups excluding carboxylic acids is 3. The topological polar surface area (TPSA) is 100 Å². The molecule has 1 aliphatic rings. The van der Waals surface area contributed by atoms with Crippen LogP contribution in [0.2, 0.25) is 0 Å². The minimum Gasteiger partial charge on any atom is -0.408 e. The molecule has 0 aliphatic heterocycles. The highest BCUT2D eigenvalue weighted by Crippen LogP contribution is 2.25. The van der Waals surface area contributed by atoms with Gasteiger partial charge >= 0.3 is 5.69 Å². The van der Waals surface area contributed by atoms with Crippen LogP contribution in [0.1, 0.15) is 54.9 Å². The predicted octanol–water partition coefficient (Wildman–Crippen LogP) is 1.99. The molecule has 1 aromatic carbocycles. The molecule has 1 fully saturated rings. The molecular formula is C20H22BrN3O5. The zero-order chi connectivity index (χ0) is 21.1. The van der Waals surface area contributed by atoms with Crippen LogP contribution in [0.4, 0.5) is 0 Å². The molecule has 3 rings (SSSR count). The summed E-state index contributed by atoms with van der Waals surface area (Å²) >= 11 is 3.37. The molecule has 0 atom stereocenters. The predicted molar refractivity (Wildman–Crippen MR) is 108 cm³/mol. The lowest BCUT2D eigenvalue weighted by atomic mass is 9.81. The van der Waals surface area contributed by atoms with Gasteiger partial charge in [-0.15, -0.1) is 4.73 Å². The summed E-state index contributed by atoms with van der Waals surface area (Å²) in [5.41, 5.74) is 0.297. The molecule has 0 N–H and O–H groups in total. The van der Waals surface area contributed by atoms with E-state index in [4.69, 9.17) is 4.84 Å². The van der Waals surface area contributed by atoms with Gasteiger partial charge in [0.05, 0.1) is 6.54 Å². The van der Waals surface area contributed by atoms with Gasteiger partial charge in [0.1, 0.15) is 12.5 Å². The van der Waals surface area contributed by atoms with Gasteiger partial charge in [0.25, 0.3) is 0 Å².